The number of nitrogens with one attached hydrogen (secondary N) is 1. The van der Waals surface area contributed by atoms with E-state index in [1.165, 1.54) is 0 Å². The normalized spacial score (nSPS) is 14.3. The van der Waals surface area contributed by atoms with Crippen molar-refractivity contribution in [1.82, 2.24) is 14.6 Å². The molecule has 1 aromatic heterocycles. The monoisotopic (exact) mass is 345 g/mol. The molecule has 3 rings (SSSR count). The molecular weight excluding hydrogens is 326 g/mol. The summed E-state index contributed by atoms with van der Waals surface area (Å²) in [7, 11) is -3.25. The lowest BCUT2D eigenvalue weighted by Crippen LogP contribution is -2.36. The molecule has 24 heavy (non-hydrogen) atoms. The molecule has 1 amide bonds. The first kappa shape index (κ1) is 16.6. The van der Waals surface area contributed by atoms with E-state index in [0.29, 0.717) is 25.1 Å². The number of rotatable bonds is 4. The number of pyridine rings is 1. The van der Waals surface area contributed by atoms with Crippen LogP contribution < -0.4 is 4.72 Å². The maximum Gasteiger partial charge on any atom is 0.254 e. The van der Waals surface area contributed by atoms with Crippen LogP contribution in [-0.2, 0) is 29.5 Å². The van der Waals surface area contributed by atoms with Gasteiger partial charge in [-0.15, -0.1) is 0 Å². The van der Waals surface area contributed by atoms with Crippen LogP contribution in [0.25, 0.3) is 0 Å². The number of carbonyl (C=O) groups is 1. The van der Waals surface area contributed by atoms with Crippen molar-refractivity contribution in [1.29, 1.82) is 0 Å². The Morgan fingerprint density at radius 2 is 2.00 bits per heavy atom. The average Bonchev–Trinajstić information content (AvgIpc) is 2.59. The summed E-state index contributed by atoms with van der Waals surface area (Å²) in [6.07, 6.45) is 5.27. The minimum atomic E-state index is -3.25. The number of aromatic nitrogens is 1. The third kappa shape index (κ3) is 3.80. The number of sulfonamides is 1. The van der Waals surface area contributed by atoms with E-state index in [9.17, 15) is 13.2 Å². The van der Waals surface area contributed by atoms with E-state index < -0.39 is 10.0 Å². The van der Waals surface area contributed by atoms with Crippen molar-refractivity contribution in [2.45, 2.75) is 19.5 Å². The van der Waals surface area contributed by atoms with E-state index in [2.05, 4.69) is 9.71 Å². The largest absolute Gasteiger partial charge is 0.334 e. The summed E-state index contributed by atoms with van der Waals surface area (Å²) in [5.74, 6) is 0.000846. The second-order valence-corrected chi connectivity index (χ2v) is 7.71. The first-order valence-electron chi connectivity index (χ1n) is 7.67. The van der Waals surface area contributed by atoms with Crippen LogP contribution in [0, 0.1) is 0 Å². The fourth-order valence-corrected chi connectivity index (χ4v) is 3.28. The summed E-state index contributed by atoms with van der Waals surface area (Å²) < 4.78 is 25.1. The molecule has 0 spiro atoms. The van der Waals surface area contributed by atoms with E-state index >= 15 is 0 Å². The van der Waals surface area contributed by atoms with Crippen LogP contribution in [0.2, 0.25) is 0 Å². The number of amides is 1. The predicted octanol–water partition coefficient (Wildman–Crippen LogP) is 1.33. The molecule has 0 fully saturated rings. The van der Waals surface area contributed by atoms with Crippen LogP contribution in [0.3, 0.4) is 0 Å². The molecule has 2 heterocycles. The second-order valence-electron chi connectivity index (χ2n) is 5.87. The van der Waals surface area contributed by atoms with Gasteiger partial charge in [0.05, 0.1) is 6.26 Å². The van der Waals surface area contributed by atoms with Gasteiger partial charge in [-0.3, -0.25) is 9.78 Å². The Balaban J connectivity index is 1.78. The van der Waals surface area contributed by atoms with E-state index in [1.54, 1.807) is 17.3 Å². The molecule has 0 saturated carbocycles. The highest BCUT2D eigenvalue weighted by atomic mass is 32.2. The third-order valence-corrected chi connectivity index (χ3v) is 4.73. The first-order valence-corrected chi connectivity index (χ1v) is 9.57. The Kier molecular flexibility index (Phi) is 4.64. The van der Waals surface area contributed by atoms with Crippen molar-refractivity contribution in [3.63, 3.8) is 0 Å². The number of nitrogens with zero attached hydrogens (tertiary/aromatic N) is 2. The molecule has 7 heteroatoms. The molecular formula is C17H19N3O3S. The number of carbonyl (C=O) groups excluding carboxylic acids is 1. The van der Waals surface area contributed by atoms with Crippen molar-refractivity contribution in [2.75, 3.05) is 12.8 Å². The molecule has 0 unspecified atom stereocenters. The summed E-state index contributed by atoms with van der Waals surface area (Å²) >= 11 is 0. The maximum atomic E-state index is 12.6. The highest BCUT2D eigenvalue weighted by Crippen LogP contribution is 2.23. The SMILES string of the molecule is CS(=O)(=O)NCc1cncc2c1CCN(C(=O)c1ccccc1)C2. The molecule has 1 N–H and O–H groups in total. The molecule has 1 aliphatic rings. The number of hydrogen-bond donors (Lipinski definition) is 1. The fraction of sp³-hybridized carbons (Fsp3) is 0.294. The van der Waals surface area contributed by atoms with Gasteiger partial charge in [-0.25, -0.2) is 13.1 Å². The lowest BCUT2D eigenvalue weighted by atomic mass is 9.96. The standard InChI is InChI=1S/C17H19N3O3S/c1-24(22,23)19-11-14-9-18-10-15-12-20(8-7-16(14)15)17(21)13-5-3-2-4-6-13/h2-6,9-10,19H,7-8,11-12H2,1H3. The molecule has 0 bridgehead atoms. The predicted molar refractivity (Wildman–Crippen MR) is 90.8 cm³/mol. The van der Waals surface area contributed by atoms with Crippen LogP contribution in [0.5, 0.6) is 0 Å². The molecule has 1 aromatic carbocycles. The van der Waals surface area contributed by atoms with Crippen molar-refractivity contribution in [3.05, 3.63) is 65.0 Å². The minimum absolute atomic E-state index is 0.000846. The number of hydrogen-bond acceptors (Lipinski definition) is 4. The van der Waals surface area contributed by atoms with E-state index in [4.69, 9.17) is 0 Å². The van der Waals surface area contributed by atoms with Gasteiger partial charge >= 0.3 is 0 Å². The van der Waals surface area contributed by atoms with Gasteiger partial charge < -0.3 is 4.90 Å². The van der Waals surface area contributed by atoms with Crippen LogP contribution in [0.15, 0.2) is 42.7 Å². The Labute approximate surface area is 141 Å². The summed E-state index contributed by atoms with van der Waals surface area (Å²) in [4.78, 5) is 18.6. The Morgan fingerprint density at radius 1 is 1.25 bits per heavy atom. The zero-order chi connectivity index (χ0) is 17.2. The van der Waals surface area contributed by atoms with Crippen molar-refractivity contribution in [2.24, 2.45) is 0 Å². The molecule has 0 aliphatic carbocycles. The second kappa shape index (κ2) is 6.70. The molecule has 2 aromatic rings. The van der Waals surface area contributed by atoms with E-state index in [1.807, 2.05) is 30.3 Å². The molecule has 6 nitrogen and oxygen atoms in total. The molecule has 126 valence electrons. The summed E-state index contributed by atoms with van der Waals surface area (Å²) in [6.45, 7) is 1.32. The van der Waals surface area contributed by atoms with Crippen molar-refractivity contribution in [3.8, 4) is 0 Å². The summed E-state index contributed by atoms with van der Waals surface area (Å²) in [5, 5.41) is 0. The fourth-order valence-electron chi connectivity index (χ4n) is 2.87. The Morgan fingerprint density at radius 3 is 2.71 bits per heavy atom. The molecule has 0 radical (unpaired) electrons. The lowest BCUT2D eigenvalue weighted by molar-refractivity contribution is 0.0734. The van der Waals surface area contributed by atoms with Gasteiger partial charge in [-0.05, 0) is 35.2 Å². The van der Waals surface area contributed by atoms with Gasteiger partial charge in [0.2, 0.25) is 10.0 Å². The zero-order valence-electron chi connectivity index (χ0n) is 13.4. The Hall–Kier alpha value is -2.25. The van der Waals surface area contributed by atoms with Crippen LogP contribution in [0.4, 0.5) is 0 Å². The highest BCUT2D eigenvalue weighted by molar-refractivity contribution is 7.88. The maximum absolute atomic E-state index is 12.6. The highest BCUT2D eigenvalue weighted by Gasteiger charge is 2.23. The summed E-state index contributed by atoms with van der Waals surface area (Å²) in [6, 6.07) is 9.20. The number of fused-ring (bicyclic) bond motifs is 1. The van der Waals surface area contributed by atoms with Crippen molar-refractivity contribution >= 4 is 15.9 Å². The van der Waals surface area contributed by atoms with E-state index in [-0.39, 0.29) is 12.5 Å². The summed E-state index contributed by atoms with van der Waals surface area (Å²) in [5.41, 5.74) is 3.59. The van der Waals surface area contributed by atoms with Gasteiger partial charge in [0.25, 0.3) is 5.91 Å². The quantitative estimate of drug-likeness (QED) is 0.907. The van der Waals surface area contributed by atoms with Gasteiger partial charge in [0.1, 0.15) is 0 Å². The van der Waals surface area contributed by atoms with Crippen LogP contribution >= 0.6 is 0 Å². The molecule has 0 atom stereocenters. The minimum Gasteiger partial charge on any atom is -0.334 e. The lowest BCUT2D eigenvalue weighted by Gasteiger charge is -2.30. The number of benzene rings is 1. The van der Waals surface area contributed by atoms with E-state index in [0.717, 1.165) is 22.9 Å². The topological polar surface area (TPSA) is 79.4 Å². The first-order chi connectivity index (χ1) is 11.4. The van der Waals surface area contributed by atoms with Crippen LogP contribution in [-0.4, -0.2) is 37.0 Å². The van der Waals surface area contributed by atoms with Gasteiger partial charge in [0.15, 0.2) is 0 Å². The average molecular weight is 345 g/mol. The zero-order valence-corrected chi connectivity index (χ0v) is 14.2. The molecule has 1 aliphatic heterocycles. The van der Waals surface area contributed by atoms with Crippen LogP contribution in [0.1, 0.15) is 27.0 Å². The Bertz CT molecular complexity index is 851. The third-order valence-electron chi connectivity index (χ3n) is 4.06. The van der Waals surface area contributed by atoms with Gasteiger partial charge in [0, 0.05) is 37.6 Å². The van der Waals surface area contributed by atoms with Gasteiger partial charge in [-0.1, -0.05) is 18.2 Å². The van der Waals surface area contributed by atoms with Gasteiger partial charge in [-0.2, -0.15) is 0 Å². The smallest absolute Gasteiger partial charge is 0.254 e. The van der Waals surface area contributed by atoms with Crippen molar-refractivity contribution < 1.29 is 13.2 Å². The molecule has 0 saturated heterocycles.